The molecule has 0 aromatic rings. The van der Waals surface area contributed by atoms with Crippen LogP contribution in [0.4, 0.5) is 0 Å². The fourth-order valence-electron chi connectivity index (χ4n) is 0. The first-order valence-electron chi connectivity index (χ1n) is 6.94. The summed E-state index contributed by atoms with van der Waals surface area (Å²) in [7, 11) is 0. The van der Waals surface area contributed by atoms with Crippen molar-refractivity contribution in [2.24, 2.45) is 5.73 Å². The minimum absolute atomic E-state index is 0. The maximum atomic E-state index is 5.23. The van der Waals surface area contributed by atoms with Crippen LogP contribution in [-0.2, 0) is 21.7 Å². The molecule has 0 saturated carbocycles. The molecule has 0 aliphatic carbocycles. The van der Waals surface area contributed by atoms with E-state index in [-0.39, 0.29) is 27.8 Å². The minimum atomic E-state index is 0. The van der Waals surface area contributed by atoms with Crippen LogP contribution < -0.4 is 5.73 Å². The Balaban J connectivity index is -0.0000000412. The van der Waals surface area contributed by atoms with Crippen LogP contribution in [0.1, 0.15) is 72.6 Å². The Morgan fingerprint density at radius 2 is 0.889 bits per heavy atom. The van der Waals surface area contributed by atoms with Gasteiger partial charge in [0, 0.05) is 0 Å². The molecule has 0 radical (unpaired) electrons. The van der Waals surface area contributed by atoms with Gasteiger partial charge in [0.2, 0.25) is 0 Å². The van der Waals surface area contributed by atoms with Crippen molar-refractivity contribution < 1.29 is 21.7 Å². The molecule has 0 aliphatic heterocycles. The van der Waals surface area contributed by atoms with E-state index in [2.05, 4.69) is 48.5 Å². The summed E-state index contributed by atoms with van der Waals surface area (Å²) in [5, 5.41) is 0. The smallest absolute Gasteiger partial charge is 0.343 e. The molecule has 0 spiro atoms. The maximum Gasteiger partial charge on any atom is 4.00 e. The number of unbranched alkanes of at least 4 members (excludes halogenated alkanes) is 3. The molecular weight excluding hydrogens is 254 g/mol. The van der Waals surface area contributed by atoms with Crippen molar-refractivity contribution in [1.29, 1.82) is 0 Å². The van der Waals surface area contributed by atoms with Gasteiger partial charge in [-0.25, -0.2) is 0 Å². The molecule has 0 aromatic heterocycles. The van der Waals surface area contributed by atoms with Crippen LogP contribution in [0, 0.1) is 27.7 Å². The van der Waals surface area contributed by atoms with Gasteiger partial charge in [0.1, 0.15) is 0 Å². The predicted molar refractivity (Wildman–Crippen MR) is 84.4 cm³/mol. The Kier molecular flexibility index (Phi) is 74.7. The first-order chi connectivity index (χ1) is 8.01. The van der Waals surface area contributed by atoms with Gasteiger partial charge in [0.25, 0.3) is 0 Å². The largest absolute Gasteiger partial charge is 4.00 e. The third-order valence-electron chi connectivity index (χ3n) is 1.52. The van der Waals surface area contributed by atoms with Crippen molar-refractivity contribution in [3.63, 3.8) is 0 Å². The molecule has 0 fully saturated rings. The normalized spacial score (nSPS) is 9.17. The predicted octanol–water partition coefficient (Wildman–Crippen LogP) is 5.42. The molecule has 2 heteroatoms. The molecule has 0 bridgehead atoms. The van der Waals surface area contributed by atoms with E-state index in [0.29, 0.717) is 0 Å². The van der Waals surface area contributed by atoms with Gasteiger partial charge in [-0.2, -0.15) is 25.7 Å². The molecule has 1 unspecified atom stereocenters. The van der Waals surface area contributed by atoms with E-state index in [1.54, 1.807) is 0 Å². The van der Waals surface area contributed by atoms with E-state index >= 15 is 0 Å². The molecule has 0 aliphatic rings. The summed E-state index contributed by atoms with van der Waals surface area (Å²) in [6.45, 7) is 22.7. The molecule has 0 saturated heterocycles. The summed E-state index contributed by atoms with van der Waals surface area (Å²) < 4.78 is 0. The Bertz CT molecular complexity index is 60.0. The first-order valence-corrected chi connectivity index (χ1v) is 6.94. The molecule has 0 rings (SSSR count). The number of rotatable bonds is 4. The molecule has 18 heavy (non-hydrogen) atoms. The molecule has 0 amide bonds. The average Bonchev–Trinajstić information content (AvgIpc) is 2.39. The van der Waals surface area contributed by atoms with Crippen LogP contribution in [0.5, 0.6) is 0 Å². The fraction of sp³-hybridized carbons (Fsp3) is 0.750. The number of hydrogen-bond acceptors (Lipinski definition) is 1. The van der Waals surface area contributed by atoms with Crippen LogP contribution >= 0.6 is 0 Å². The summed E-state index contributed by atoms with van der Waals surface area (Å²) >= 11 is 0. The van der Waals surface area contributed by atoms with Gasteiger partial charge in [-0.3, -0.25) is 0 Å². The second-order valence-corrected chi connectivity index (χ2v) is 3.83. The number of nitrogens with two attached hydrogens (primary N) is 1. The van der Waals surface area contributed by atoms with E-state index in [9.17, 15) is 0 Å². The van der Waals surface area contributed by atoms with Gasteiger partial charge >= 0.3 is 21.7 Å². The van der Waals surface area contributed by atoms with E-state index in [0.717, 1.165) is 25.7 Å². The van der Waals surface area contributed by atoms with Crippen molar-refractivity contribution in [2.45, 2.75) is 78.7 Å². The fourth-order valence-corrected chi connectivity index (χ4v) is 0. The van der Waals surface area contributed by atoms with Crippen molar-refractivity contribution in [3.05, 3.63) is 27.7 Å². The molecule has 2 N–H and O–H groups in total. The average molecular weight is 291 g/mol. The topological polar surface area (TPSA) is 26.0 Å². The molecule has 0 heterocycles. The van der Waals surface area contributed by atoms with Crippen LogP contribution in [-0.4, -0.2) is 6.04 Å². The van der Waals surface area contributed by atoms with E-state index < -0.39 is 0 Å². The van der Waals surface area contributed by atoms with E-state index in [4.69, 9.17) is 5.73 Å². The summed E-state index contributed by atoms with van der Waals surface area (Å²) in [5.41, 5.74) is 5.23. The third-order valence-corrected chi connectivity index (χ3v) is 1.52. The second-order valence-electron chi connectivity index (χ2n) is 3.83. The van der Waals surface area contributed by atoms with E-state index in [1.165, 1.54) is 19.3 Å². The summed E-state index contributed by atoms with van der Waals surface area (Å²) in [4.78, 5) is 0. The van der Waals surface area contributed by atoms with Gasteiger partial charge in [0.15, 0.2) is 0 Å². The first kappa shape index (κ1) is 31.2. The van der Waals surface area contributed by atoms with Gasteiger partial charge in [-0.05, 0) is 6.04 Å². The van der Waals surface area contributed by atoms with Crippen molar-refractivity contribution in [1.82, 2.24) is 0 Å². The molecule has 1 nitrogen and oxygen atoms in total. The second kappa shape index (κ2) is 43.1. The van der Waals surface area contributed by atoms with Gasteiger partial charge < -0.3 is 33.4 Å². The van der Waals surface area contributed by atoms with Crippen molar-refractivity contribution >= 4 is 0 Å². The third kappa shape index (κ3) is 127. The molecule has 0 aromatic carbocycles. The Morgan fingerprint density at radius 3 is 0.889 bits per heavy atom. The Morgan fingerprint density at radius 1 is 0.778 bits per heavy atom. The van der Waals surface area contributed by atoms with Gasteiger partial charge in [-0.1, -0.05) is 47.0 Å². The zero-order valence-electron chi connectivity index (χ0n) is 13.4. The van der Waals surface area contributed by atoms with Crippen LogP contribution in [0.3, 0.4) is 0 Å². The Hall–Kier alpha value is 0.674. The Labute approximate surface area is 134 Å². The minimum Gasteiger partial charge on any atom is -0.343 e. The van der Waals surface area contributed by atoms with E-state index in [1.807, 2.05) is 6.92 Å². The van der Waals surface area contributed by atoms with Crippen LogP contribution in [0.25, 0.3) is 0 Å². The SMILES string of the molecule is [CH2-]CC(C)N.[CH2-]CCC.[CH2-]CCC.[CH2-]CCC.[Ti+4]. The summed E-state index contributed by atoms with van der Waals surface area (Å²) in [6, 6.07) is 0.273. The molecule has 1 atom stereocenters. The van der Waals surface area contributed by atoms with Gasteiger partial charge in [0.05, 0.1) is 0 Å². The monoisotopic (exact) mass is 291 g/mol. The van der Waals surface area contributed by atoms with Crippen LogP contribution in [0.15, 0.2) is 0 Å². The molecule has 110 valence electrons. The standard InChI is InChI=1S/C4H10N.3C4H9.Ti/c1-3-4(2)5;3*1-3-4-2;/h4H,1,3,5H2,2H3;3*1,3-4H2,2H3;/q4*-1;+4. The summed E-state index contributed by atoms with van der Waals surface area (Å²) in [6.07, 6.45) is 7.67. The van der Waals surface area contributed by atoms with Crippen molar-refractivity contribution in [2.75, 3.05) is 0 Å². The zero-order valence-corrected chi connectivity index (χ0v) is 15.0. The van der Waals surface area contributed by atoms with Crippen LogP contribution in [0.2, 0.25) is 0 Å². The quantitative estimate of drug-likeness (QED) is 0.543. The summed E-state index contributed by atoms with van der Waals surface area (Å²) in [5.74, 6) is 0. The van der Waals surface area contributed by atoms with Crippen molar-refractivity contribution in [3.8, 4) is 0 Å². The maximum absolute atomic E-state index is 5.23. The number of hydrogen-bond donors (Lipinski definition) is 1. The van der Waals surface area contributed by atoms with Gasteiger partial charge in [-0.15, -0.1) is 0 Å². The zero-order chi connectivity index (χ0) is 14.5. The molecular formula is C16H37NTi.